The molecule has 0 saturated heterocycles. The van der Waals surface area contributed by atoms with Gasteiger partial charge in [-0.05, 0) is 40.8 Å². The van der Waals surface area contributed by atoms with E-state index in [9.17, 15) is 0 Å². The minimum Gasteiger partial charge on any atom is -0.256 e. The van der Waals surface area contributed by atoms with Crippen LogP contribution < -0.4 is 0 Å². The number of allylic oxidation sites excluding steroid dienone is 4. The summed E-state index contributed by atoms with van der Waals surface area (Å²) in [5.41, 5.74) is 10.7. The van der Waals surface area contributed by atoms with Crippen molar-refractivity contribution in [2.24, 2.45) is 0 Å². The van der Waals surface area contributed by atoms with Gasteiger partial charge in [-0.15, -0.1) is 0 Å². The highest BCUT2D eigenvalue weighted by molar-refractivity contribution is 5.94. The second kappa shape index (κ2) is 12.8. The summed E-state index contributed by atoms with van der Waals surface area (Å²) in [6.45, 7) is 0. The molecule has 1 aliphatic rings. The molecule has 0 aliphatic heterocycles. The Labute approximate surface area is 290 Å². The summed E-state index contributed by atoms with van der Waals surface area (Å²) in [4.78, 5) is 24.5. The fraction of sp³-hybridized carbons (Fsp3) is 0.0444. The zero-order valence-corrected chi connectivity index (χ0v) is 27.2. The first kappa shape index (κ1) is 29.5. The van der Waals surface area contributed by atoms with E-state index in [1.165, 1.54) is 5.56 Å². The Kier molecular flexibility index (Phi) is 7.56. The van der Waals surface area contributed by atoms with Gasteiger partial charge in [0.1, 0.15) is 5.82 Å². The van der Waals surface area contributed by atoms with Gasteiger partial charge in [0, 0.05) is 51.3 Å². The van der Waals surface area contributed by atoms with Gasteiger partial charge < -0.3 is 0 Å². The summed E-state index contributed by atoms with van der Waals surface area (Å²) in [5, 5.41) is 2.25. The number of hydrogen-bond acceptors (Lipinski definition) is 5. The van der Waals surface area contributed by atoms with Crippen molar-refractivity contribution in [3.8, 4) is 45.0 Å². The molecule has 1 unspecified atom stereocenters. The molecule has 9 rings (SSSR count). The molecule has 1 atom stereocenters. The predicted molar refractivity (Wildman–Crippen MR) is 203 cm³/mol. The first-order valence-electron chi connectivity index (χ1n) is 16.9. The predicted octanol–water partition coefficient (Wildman–Crippen LogP) is 10.8. The van der Waals surface area contributed by atoms with Crippen LogP contribution in [0.25, 0.3) is 72.4 Å². The van der Waals surface area contributed by atoms with E-state index in [2.05, 4.69) is 150 Å². The lowest BCUT2D eigenvalue weighted by atomic mass is 9.91. The van der Waals surface area contributed by atoms with Crippen LogP contribution in [-0.2, 0) is 0 Å². The van der Waals surface area contributed by atoms with Crippen LogP contribution in [0.1, 0.15) is 23.7 Å². The molecule has 0 N–H and O–H groups in total. The molecule has 8 aromatic rings. The molecule has 5 nitrogen and oxygen atoms in total. The van der Waals surface area contributed by atoms with Gasteiger partial charge in [0.15, 0.2) is 11.6 Å². The lowest BCUT2D eigenvalue weighted by Crippen LogP contribution is -2.08. The second-order valence-corrected chi connectivity index (χ2v) is 12.5. The van der Waals surface area contributed by atoms with Gasteiger partial charge in [-0.2, -0.15) is 0 Å². The molecule has 0 spiro atoms. The van der Waals surface area contributed by atoms with Crippen LogP contribution in [-0.4, -0.2) is 24.9 Å². The Balaban J connectivity index is 1.08. The van der Waals surface area contributed by atoms with E-state index in [-0.39, 0.29) is 5.92 Å². The third-order valence-corrected chi connectivity index (χ3v) is 9.36. The summed E-state index contributed by atoms with van der Waals surface area (Å²) < 4.78 is 0. The minimum atomic E-state index is 0.00630. The highest BCUT2D eigenvalue weighted by Crippen LogP contribution is 2.34. The lowest BCUT2D eigenvalue weighted by molar-refractivity contribution is 0.766. The Morgan fingerprint density at radius 2 is 0.980 bits per heavy atom. The molecule has 0 bridgehead atoms. The van der Waals surface area contributed by atoms with Crippen molar-refractivity contribution >= 4 is 27.4 Å². The van der Waals surface area contributed by atoms with Crippen molar-refractivity contribution in [3.05, 3.63) is 182 Å². The number of hydrogen-bond donors (Lipinski definition) is 0. The number of para-hydroxylation sites is 2. The van der Waals surface area contributed by atoms with Crippen LogP contribution in [0.3, 0.4) is 0 Å². The molecular weight excluding hydrogens is 611 g/mol. The van der Waals surface area contributed by atoms with Crippen LogP contribution >= 0.6 is 0 Å². The third kappa shape index (κ3) is 5.65. The molecule has 0 amide bonds. The molecule has 5 aromatic carbocycles. The Hall–Kier alpha value is -6.59. The van der Waals surface area contributed by atoms with E-state index in [0.717, 1.165) is 73.0 Å². The molecule has 236 valence electrons. The molecule has 50 heavy (non-hydrogen) atoms. The number of aromatic nitrogens is 5. The van der Waals surface area contributed by atoms with Crippen molar-refractivity contribution < 1.29 is 0 Å². The Morgan fingerprint density at radius 3 is 1.60 bits per heavy atom. The summed E-state index contributed by atoms with van der Waals surface area (Å²) in [5.74, 6) is 2.07. The summed E-state index contributed by atoms with van der Waals surface area (Å²) >= 11 is 0. The van der Waals surface area contributed by atoms with E-state index in [4.69, 9.17) is 15.0 Å². The van der Waals surface area contributed by atoms with Crippen molar-refractivity contribution in [3.63, 3.8) is 0 Å². The smallest absolute Gasteiger partial charge is 0.163 e. The number of benzene rings is 5. The largest absolute Gasteiger partial charge is 0.256 e. The summed E-state index contributed by atoms with van der Waals surface area (Å²) in [7, 11) is 0. The summed E-state index contributed by atoms with van der Waals surface area (Å²) in [6.07, 6.45) is 11.2. The van der Waals surface area contributed by atoms with E-state index in [1.54, 1.807) is 0 Å². The SMILES string of the molecule is C1=CC(c2nc(-c3ccc(-c4ccccc4)cc3)nc(-c3ccc(-c4cccc5cccnc45)cc3)n2)CC=C1c1cccc2cccnc12. The van der Waals surface area contributed by atoms with Crippen molar-refractivity contribution in [1.29, 1.82) is 0 Å². The van der Waals surface area contributed by atoms with Crippen LogP contribution in [0, 0.1) is 0 Å². The molecule has 3 heterocycles. The van der Waals surface area contributed by atoms with E-state index in [1.807, 2.05) is 30.6 Å². The maximum absolute atomic E-state index is 5.09. The van der Waals surface area contributed by atoms with Crippen LogP contribution in [0.4, 0.5) is 0 Å². The van der Waals surface area contributed by atoms with Crippen molar-refractivity contribution in [2.45, 2.75) is 12.3 Å². The number of fused-ring (bicyclic) bond motifs is 2. The van der Waals surface area contributed by atoms with Gasteiger partial charge in [-0.3, -0.25) is 9.97 Å². The van der Waals surface area contributed by atoms with E-state index in [0.29, 0.717) is 11.6 Å². The monoisotopic (exact) mass is 641 g/mol. The normalized spacial score (nSPS) is 14.2. The summed E-state index contributed by atoms with van der Waals surface area (Å²) in [6, 6.07) is 48.1. The van der Waals surface area contributed by atoms with Gasteiger partial charge in [-0.1, -0.05) is 146 Å². The number of pyridine rings is 2. The molecule has 0 radical (unpaired) electrons. The lowest BCUT2D eigenvalue weighted by Gasteiger charge is -2.18. The van der Waals surface area contributed by atoms with E-state index >= 15 is 0 Å². The average Bonchev–Trinajstić information content (AvgIpc) is 3.21. The maximum Gasteiger partial charge on any atom is 0.163 e. The van der Waals surface area contributed by atoms with Gasteiger partial charge in [0.2, 0.25) is 0 Å². The first-order valence-corrected chi connectivity index (χ1v) is 16.9. The van der Waals surface area contributed by atoms with Crippen LogP contribution in [0.5, 0.6) is 0 Å². The molecule has 0 saturated carbocycles. The zero-order valence-electron chi connectivity index (χ0n) is 27.2. The first-order chi connectivity index (χ1) is 24.8. The second-order valence-electron chi connectivity index (χ2n) is 12.5. The maximum atomic E-state index is 5.09. The van der Waals surface area contributed by atoms with E-state index < -0.39 is 0 Å². The van der Waals surface area contributed by atoms with Crippen LogP contribution in [0.15, 0.2) is 170 Å². The van der Waals surface area contributed by atoms with Gasteiger partial charge in [0.25, 0.3) is 0 Å². The Morgan fingerprint density at radius 1 is 0.440 bits per heavy atom. The van der Waals surface area contributed by atoms with Gasteiger partial charge in [0.05, 0.1) is 11.0 Å². The minimum absolute atomic E-state index is 0.00630. The van der Waals surface area contributed by atoms with Crippen LogP contribution in [0.2, 0.25) is 0 Å². The number of rotatable bonds is 6. The Bertz CT molecular complexity index is 2540. The highest BCUT2D eigenvalue weighted by Gasteiger charge is 2.20. The molecule has 5 heteroatoms. The third-order valence-electron chi connectivity index (χ3n) is 9.36. The quantitative estimate of drug-likeness (QED) is 0.181. The van der Waals surface area contributed by atoms with Crippen molar-refractivity contribution in [2.75, 3.05) is 0 Å². The molecule has 0 fully saturated rings. The fourth-order valence-electron chi connectivity index (χ4n) is 6.74. The molecule has 3 aromatic heterocycles. The van der Waals surface area contributed by atoms with Gasteiger partial charge >= 0.3 is 0 Å². The van der Waals surface area contributed by atoms with Gasteiger partial charge in [-0.25, -0.2) is 15.0 Å². The molecule has 1 aliphatic carbocycles. The molecular formula is C45H31N5. The zero-order chi connectivity index (χ0) is 33.3. The standard InChI is InChI=1S/C45H31N5/c1-2-8-30(9-3-1)31-16-22-36(23-17-31)43-48-44(37-24-18-32(19-25-37)39-14-4-10-34-12-6-28-46-41(34)39)50-45(49-43)38-26-20-33(21-27-38)40-15-5-11-35-13-7-29-47-42(35)40/h1-26,28-29,38H,27H2. The average molecular weight is 642 g/mol. The topological polar surface area (TPSA) is 64.5 Å². The van der Waals surface area contributed by atoms with Crippen molar-refractivity contribution in [1.82, 2.24) is 24.9 Å². The highest BCUT2D eigenvalue weighted by atomic mass is 15.0. The fourth-order valence-corrected chi connectivity index (χ4v) is 6.74. The number of nitrogens with zero attached hydrogens (tertiary/aromatic N) is 5.